The maximum atomic E-state index is 11.2. The summed E-state index contributed by atoms with van der Waals surface area (Å²) in [6.07, 6.45) is 5.48. The molecule has 0 N–H and O–H groups in total. The highest BCUT2D eigenvalue weighted by Gasteiger charge is 2.33. The summed E-state index contributed by atoms with van der Waals surface area (Å²) in [5.41, 5.74) is 0. The molecule has 0 aromatic rings. The second-order valence-corrected chi connectivity index (χ2v) is 5.28. The van der Waals surface area contributed by atoms with E-state index < -0.39 is 0 Å². The molecule has 2 bridgehead atoms. The van der Waals surface area contributed by atoms with Crippen molar-refractivity contribution >= 4 is 21.7 Å². The maximum Gasteiger partial charge on any atom is 0.133 e. The van der Waals surface area contributed by atoms with Gasteiger partial charge in [0.1, 0.15) is 5.78 Å². The van der Waals surface area contributed by atoms with Gasteiger partial charge in [0, 0.05) is 17.7 Å². The monoisotopic (exact) mass is 216 g/mol. The van der Waals surface area contributed by atoms with E-state index in [2.05, 4.69) is 15.9 Å². The Morgan fingerprint density at radius 1 is 1.09 bits per heavy atom. The predicted molar refractivity (Wildman–Crippen MR) is 47.8 cm³/mol. The minimum atomic E-state index is 0.505. The third-order valence-electron chi connectivity index (χ3n) is 2.88. The Morgan fingerprint density at radius 3 is 2.18 bits per heavy atom. The molecule has 2 atom stereocenters. The molecular formula is C9H13BrO. The minimum Gasteiger partial charge on any atom is -0.300 e. The van der Waals surface area contributed by atoms with Crippen molar-refractivity contribution in [3.05, 3.63) is 0 Å². The smallest absolute Gasteiger partial charge is 0.133 e. The lowest BCUT2D eigenvalue weighted by Gasteiger charge is -2.35. The maximum absolute atomic E-state index is 11.2. The van der Waals surface area contributed by atoms with E-state index in [0.29, 0.717) is 22.4 Å². The van der Waals surface area contributed by atoms with Crippen molar-refractivity contribution in [3.63, 3.8) is 0 Å². The van der Waals surface area contributed by atoms with E-state index in [4.69, 9.17) is 0 Å². The molecule has 2 heteroatoms. The normalized spacial score (nSPS) is 44.1. The van der Waals surface area contributed by atoms with Crippen LogP contribution in [-0.4, -0.2) is 10.6 Å². The van der Waals surface area contributed by atoms with Gasteiger partial charge in [-0.25, -0.2) is 0 Å². The van der Waals surface area contributed by atoms with E-state index in [0.717, 1.165) is 12.8 Å². The Bertz CT molecular complexity index is 158. The van der Waals surface area contributed by atoms with Gasteiger partial charge in [-0.05, 0) is 31.1 Å². The van der Waals surface area contributed by atoms with Crippen LogP contribution in [0.15, 0.2) is 0 Å². The average Bonchev–Trinajstić information content (AvgIpc) is 1.82. The first-order valence-corrected chi connectivity index (χ1v) is 5.31. The Morgan fingerprint density at radius 2 is 1.64 bits per heavy atom. The van der Waals surface area contributed by atoms with Crippen LogP contribution in [0.2, 0.25) is 0 Å². The summed E-state index contributed by atoms with van der Waals surface area (Å²) in [6, 6.07) is 0. The third-order valence-corrected chi connectivity index (χ3v) is 3.63. The highest BCUT2D eigenvalue weighted by atomic mass is 79.9. The van der Waals surface area contributed by atoms with Crippen molar-refractivity contribution in [2.75, 3.05) is 0 Å². The predicted octanol–water partition coefficient (Wildman–Crippen LogP) is 2.53. The molecular weight excluding hydrogens is 204 g/mol. The van der Waals surface area contributed by atoms with Crippen LogP contribution < -0.4 is 0 Å². The molecule has 0 heterocycles. The Labute approximate surface area is 75.7 Å². The van der Waals surface area contributed by atoms with Gasteiger partial charge < -0.3 is 0 Å². The molecule has 0 spiro atoms. The highest BCUT2D eigenvalue weighted by Crippen LogP contribution is 2.40. The SMILES string of the molecule is O=C1CC2CC(Br)CC(C1)C2. The number of hydrogen-bond donors (Lipinski definition) is 0. The third kappa shape index (κ3) is 1.66. The lowest BCUT2D eigenvalue weighted by molar-refractivity contribution is -0.123. The zero-order chi connectivity index (χ0) is 7.84. The first kappa shape index (κ1) is 7.78. The molecule has 2 fully saturated rings. The molecule has 2 aliphatic carbocycles. The van der Waals surface area contributed by atoms with Crippen LogP contribution in [0.3, 0.4) is 0 Å². The van der Waals surface area contributed by atoms with E-state index in [1.54, 1.807) is 0 Å². The summed E-state index contributed by atoms with van der Waals surface area (Å²) in [5.74, 6) is 1.92. The zero-order valence-corrected chi connectivity index (χ0v) is 8.14. The van der Waals surface area contributed by atoms with Crippen molar-refractivity contribution in [1.29, 1.82) is 0 Å². The number of carbonyl (C=O) groups is 1. The van der Waals surface area contributed by atoms with Crippen molar-refractivity contribution in [1.82, 2.24) is 0 Å². The van der Waals surface area contributed by atoms with Crippen molar-refractivity contribution in [2.45, 2.75) is 36.9 Å². The number of Topliss-reactive ketones (excluding diaryl/α,β-unsaturated/α-hetero) is 1. The van der Waals surface area contributed by atoms with Gasteiger partial charge >= 0.3 is 0 Å². The molecule has 0 aromatic carbocycles. The van der Waals surface area contributed by atoms with E-state index in [1.165, 1.54) is 19.3 Å². The summed E-state index contributed by atoms with van der Waals surface area (Å²) in [6.45, 7) is 0. The van der Waals surface area contributed by atoms with E-state index in [-0.39, 0.29) is 0 Å². The molecule has 11 heavy (non-hydrogen) atoms. The molecule has 62 valence electrons. The largest absolute Gasteiger partial charge is 0.300 e. The van der Waals surface area contributed by atoms with E-state index in [9.17, 15) is 4.79 Å². The second kappa shape index (κ2) is 2.89. The number of carbonyl (C=O) groups excluding carboxylic acids is 1. The van der Waals surface area contributed by atoms with Crippen LogP contribution in [0.5, 0.6) is 0 Å². The molecule has 0 aromatic heterocycles. The van der Waals surface area contributed by atoms with Crippen molar-refractivity contribution in [2.24, 2.45) is 11.8 Å². The first-order chi connectivity index (χ1) is 5.24. The van der Waals surface area contributed by atoms with Gasteiger partial charge in [-0.1, -0.05) is 15.9 Å². The Balaban J connectivity index is 2.05. The van der Waals surface area contributed by atoms with Gasteiger partial charge in [0.25, 0.3) is 0 Å². The molecule has 2 rings (SSSR count). The van der Waals surface area contributed by atoms with Crippen molar-refractivity contribution in [3.8, 4) is 0 Å². The Kier molecular flexibility index (Phi) is 2.04. The van der Waals surface area contributed by atoms with E-state index in [1.807, 2.05) is 0 Å². The number of halogens is 1. The summed E-state index contributed by atoms with van der Waals surface area (Å²) in [4.78, 5) is 11.9. The molecule has 0 saturated heterocycles. The number of alkyl halides is 1. The van der Waals surface area contributed by atoms with Crippen LogP contribution in [0.4, 0.5) is 0 Å². The molecule has 2 unspecified atom stereocenters. The summed E-state index contributed by atoms with van der Waals surface area (Å²) >= 11 is 3.65. The number of rotatable bonds is 0. The standard InChI is InChI=1S/C9H13BrO/c10-8-2-6-1-7(3-8)5-9(11)4-6/h6-8H,1-5H2. The molecule has 2 saturated carbocycles. The number of ketones is 1. The van der Waals surface area contributed by atoms with Gasteiger partial charge in [-0.15, -0.1) is 0 Å². The molecule has 2 aliphatic rings. The van der Waals surface area contributed by atoms with Gasteiger partial charge in [-0.3, -0.25) is 4.79 Å². The topological polar surface area (TPSA) is 17.1 Å². The van der Waals surface area contributed by atoms with Gasteiger partial charge in [0.2, 0.25) is 0 Å². The lowest BCUT2D eigenvalue weighted by atomic mass is 9.72. The number of hydrogen-bond acceptors (Lipinski definition) is 1. The van der Waals surface area contributed by atoms with E-state index >= 15 is 0 Å². The zero-order valence-electron chi connectivity index (χ0n) is 6.55. The summed E-state index contributed by atoms with van der Waals surface area (Å²) in [7, 11) is 0. The fourth-order valence-electron chi connectivity index (χ4n) is 2.54. The fraction of sp³-hybridized carbons (Fsp3) is 0.889. The first-order valence-electron chi connectivity index (χ1n) is 4.40. The average molecular weight is 217 g/mol. The lowest BCUT2D eigenvalue weighted by Crippen LogP contribution is -2.31. The van der Waals surface area contributed by atoms with Crippen LogP contribution in [0.1, 0.15) is 32.1 Å². The van der Waals surface area contributed by atoms with Crippen LogP contribution in [0, 0.1) is 11.8 Å². The quantitative estimate of drug-likeness (QED) is 0.570. The molecule has 0 radical (unpaired) electrons. The summed E-state index contributed by atoms with van der Waals surface area (Å²) in [5, 5.41) is 0. The fourth-order valence-corrected chi connectivity index (χ4v) is 3.60. The van der Waals surface area contributed by atoms with Crippen molar-refractivity contribution < 1.29 is 4.79 Å². The number of fused-ring (bicyclic) bond motifs is 2. The highest BCUT2D eigenvalue weighted by molar-refractivity contribution is 9.09. The van der Waals surface area contributed by atoms with Gasteiger partial charge in [0.15, 0.2) is 0 Å². The van der Waals surface area contributed by atoms with Crippen LogP contribution in [-0.2, 0) is 4.79 Å². The van der Waals surface area contributed by atoms with Gasteiger partial charge in [0.05, 0.1) is 0 Å². The molecule has 0 amide bonds. The minimum absolute atomic E-state index is 0.505. The summed E-state index contributed by atoms with van der Waals surface area (Å²) < 4.78 is 0. The van der Waals surface area contributed by atoms with Gasteiger partial charge in [-0.2, -0.15) is 0 Å². The van der Waals surface area contributed by atoms with Crippen LogP contribution >= 0.6 is 15.9 Å². The molecule has 1 nitrogen and oxygen atoms in total. The van der Waals surface area contributed by atoms with Crippen LogP contribution in [0.25, 0.3) is 0 Å². The Hall–Kier alpha value is 0.150. The second-order valence-electron chi connectivity index (χ2n) is 3.98. The molecule has 0 aliphatic heterocycles.